The Morgan fingerprint density at radius 3 is 2.00 bits per heavy atom. The van der Waals surface area contributed by atoms with E-state index in [0.29, 0.717) is 0 Å². The minimum absolute atomic E-state index is 0.0618. The van der Waals surface area contributed by atoms with E-state index in [1.807, 2.05) is 0 Å². The summed E-state index contributed by atoms with van der Waals surface area (Å²) in [6, 6.07) is 0. The molecule has 0 atom stereocenters. The van der Waals surface area contributed by atoms with Gasteiger partial charge in [0.2, 0.25) is 0 Å². The van der Waals surface area contributed by atoms with Gasteiger partial charge in [-0.25, -0.2) is 0 Å². The molecule has 46 valence electrons. The molecule has 0 bridgehead atoms. The summed E-state index contributed by atoms with van der Waals surface area (Å²) < 4.78 is 0. The van der Waals surface area contributed by atoms with E-state index in [-0.39, 0.29) is 10.9 Å². The van der Waals surface area contributed by atoms with Crippen LogP contribution in [-0.4, -0.2) is 0 Å². The van der Waals surface area contributed by atoms with Gasteiger partial charge in [0.25, 0.3) is 0 Å². The maximum atomic E-state index is 5.23. The van der Waals surface area contributed by atoms with E-state index in [2.05, 4.69) is 0 Å². The predicted molar refractivity (Wildman–Crippen MR) is 34.6 cm³/mol. The van der Waals surface area contributed by atoms with Gasteiger partial charge in [0.1, 0.15) is 5.16 Å². The second kappa shape index (κ2) is 3.21. The zero-order valence-corrected chi connectivity index (χ0v) is 5.02. The van der Waals surface area contributed by atoms with Crippen LogP contribution in [0.2, 0.25) is 0 Å². The summed E-state index contributed by atoms with van der Waals surface area (Å²) in [6.45, 7) is 0. The third-order valence-corrected chi connectivity index (χ3v) is 0.770. The van der Waals surface area contributed by atoms with E-state index in [1.165, 1.54) is 12.3 Å². The molecule has 0 saturated carbocycles. The number of rotatable bonds is 1. The van der Waals surface area contributed by atoms with Crippen LogP contribution in [0, 0.1) is 0 Å². The van der Waals surface area contributed by atoms with Crippen molar-refractivity contribution in [2.45, 2.75) is 0 Å². The summed E-state index contributed by atoms with van der Waals surface area (Å²) in [5.74, 6) is 0. The smallest absolute Gasteiger partial charge is 0.122 e. The lowest BCUT2D eigenvalue weighted by atomic mass is 10.5. The highest BCUT2D eigenvalue weighted by atomic mass is 35.5. The molecule has 0 heterocycles. The fraction of sp³-hybridized carbons (Fsp3) is 0. The molecule has 0 aromatic rings. The third kappa shape index (κ3) is 2.36. The quantitative estimate of drug-likeness (QED) is 0.342. The van der Waals surface area contributed by atoms with Crippen LogP contribution in [0.15, 0.2) is 23.1 Å². The Morgan fingerprint density at radius 1 is 1.38 bits per heavy atom. The Kier molecular flexibility index (Phi) is 2.88. The van der Waals surface area contributed by atoms with Crippen molar-refractivity contribution in [2.75, 3.05) is 0 Å². The molecular formula is C4H8ClN3. The van der Waals surface area contributed by atoms with E-state index in [4.69, 9.17) is 28.8 Å². The highest BCUT2D eigenvalue weighted by molar-refractivity contribution is 6.29. The molecule has 0 amide bonds. The van der Waals surface area contributed by atoms with Gasteiger partial charge in [0.15, 0.2) is 0 Å². The number of hydrogen-bond acceptors (Lipinski definition) is 3. The monoisotopic (exact) mass is 133 g/mol. The predicted octanol–water partition coefficient (Wildman–Crippen LogP) is -0.216. The first-order valence-corrected chi connectivity index (χ1v) is 2.35. The third-order valence-electron chi connectivity index (χ3n) is 0.552. The molecule has 0 aliphatic carbocycles. The average Bonchev–Trinajstić information content (AvgIpc) is 1.67. The van der Waals surface area contributed by atoms with Gasteiger partial charge < -0.3 is 17.2 Å². The summed E-state index contributed by atoms with van der Waals surface area (Å²) in [5, 5.41) is 0.0618. The summed E-state index contributed by atoms with van der Waals surface area (Å²) in [6.07, 6.45) is 2.69. The van der Waals surface area contributed by atoms with Gasteiger partial charge in [-0.05, 0) is 12.3 Å². The zero-order chi connectivity index (χ0) is 6.57. The highest BCUT2D eigenvalue weighted by Gasteiger charge is 1.85. The summed E-state index contributed by atoms with van der Waals surface area (Å²) in [5.41, 5.74) is 15.5. The van der Waals surface area contributed by atoms with Gasteiger partial charge >= 0.3 is 0 Å². The first kappa shape index (κ1) is 7.17. The zero-order valence-electron chi connectivity index (χ0n) is 4.26. The molecule has 0 spiro atoms. The number of halogens is 1. The second-order valence-electron chi connectivity index (χ2n) is 1.16. The van der Waals surface area contributed by atoms with Gasteiger partial charge in [-0.15, -0.1) is 0 Å². The first-order chi connectivity index (χ1) is 3.68. The molecule has 0 radical (unpaired) electrons. The fourth-order valence-corrected chi connectivity index (χ4v) is 0.246. The molecule has 0 rings (SSSR count). The van der Waals surface area contributed by atoms with Crippen molar-refractivity contribution >= 4 is 11.6 Å². The lowest BCUT2D eigenvalue weighted by molar-refractivity contribution is 1.32. The van der Waals surface area contributed by atoms with Crippen LogP contribution in [0.3, 0.4) is 0 Å². The van der Waals surface area contributed by atoms with Crippen molar-refractivity contribution in [3.63, 3.8) is 0 Å². The van der Waals surface area contributed by atoms with E-state index >= 15 is 0 Å². The van der Waals surface area contributed by atoms with Crippen LogP contribution < -0.4 is 17.2 Å². The lowest BCUT2D eigenvalue weighted by Crippen LogP contribution is -2.02. The molecular weight excluding hydrogens is 126 g/mol. The van der Waals surface area contributed by atoms with Gasteiger partial charge in [0.05, 0.1) is 5.70 Å². The van der Waals surface area contributed by atoms with Crippen molar-refractivity contribution in [1.82, 2.24) is 0 Å². The highest BCUT2D eigenvalue weighted by Crippen LogP contribution is 1.95. The fourth-order valence-electron chi connectivity index (χ4n) is 0.183. The molecule has 0 aliphatic rings. The minimum atomic E-state index is 0.0618. The summed E-state index contributed by atoms with van der Waals surface area (Å²) >= 11 is 5.23. The number of nitrogens with two attached hydrogens (primary N) is 3. The average molecular weight is 134 g/mol. The number of allylic oxidation sites excluding steroid dienone is 1. The van der Waals surface area contributed by atoms with E-state index < -0.39 is 0 Å². The van der Waals surface area contributed by atoms with Crippen LogP contribution in [0.4, 0.5) is 0 Å². The molecule has 0 saturated heterocycles. The van der Waals surface area contributed by atoms with Gasteiger partial charge in [-0.2, -0.15) is 0 Å². The summed E-state index contributed by atoms with van der Waals surface area (Å²) in [4.78, 5) is 0. The van der Waals surface area contributed by atoms with Gasteiger partial charge in [-0.3, -0.25) is 0 Å². The molecule has 0 unspecified atom stereocenters. The van der Waals surface area contributed by atoms with Crippen LogP contribution in [0.25, 0.3) is 0 Å². The van der Waals surface area contributed by atoms with E-state index in [9.17, 15) is 0 Å². The molecule has 4 heteroatoms. The van der Waals surface area contributed by atoms with Crippen LogP contribution in [-0.2, 0) is 0 Å². The van der Waals surface area contributed by atoms with Gasteiger partial charge in [0, 0.05) is 0 Å². The van der Waals surface area contributed by atoms with Crippen LogP contribution in [0.1, 0.15) is 0 Å². The second-order valence-corrected chi connectivity index (χ2v) is 1.57. The minimum Gasteiger partial charge on any atom is -0.405 e. The lowest BCUT2D eigenvalue weighted by Gasteiger charge is -1.90. The normalized spacial score (nSPS) is 14.1. The summed E-state index contributed by atoms with van der Waals surface area (Å²) in [7, 11) is 0. The SMILES string of the molecule is N/C=C\C(N)=C(/N)Cl. The molecule has 8 heavy (non-hydrogen) atoms. The van der Waals surface area contributed by atoms with Crippen molar-refractivity contribution < 1.29 is 0 Å². The largest absolute Gasteiger partial charge is 0.405 e. The molecule has 0 aromatic carbocycles. The van der Waals surface area contributed by atoms with Crippen LogP contribution >= 0.6 is 11.6 Å². The van der Waals surface area contributed by atoms with Gasteiger partial charge in [-0.1, -0.05) is 11.6 Å². The van der Waals surface area contributed by atoms with Crippen molar-refractivity contribution in [2.24, 2.45) is 17.2 Å². The van der Waals surface area contributed by atoms with Crippen molar-refractivity contribution in [3.05, 3.63) is 23.1 Å². The number of hydrogen-bond donors (Lipinski definition) is 3. The van der Waals surface area contributed by atoms with E-state index in [1.54, 1.807) is 0 Å². The Balaban J connectivity index is 4.00. The molecule has 6 N–H and O–H groups in total. The maximum Gasteiger partial charge on any atom is 0.122 e. The maximum absolute atomic E-state index is 5.23. The molecule has 0 aliphatic heterocycles. The topological polar surface area (TPSA) is 78.1 Å². The van der Waals surface area contributed by atoms with Crippen molar-refractivity contribution in [1.29, 1.82) is 0 Å². The molecule has 3 nitrogen and oxygen atoms in total. The Bertz CT molecular complexity index is 123. The first-order valence-electron chi connectivity index (χ1n) is 1.97. The molecule has 0 aromatic heterocycles. The molecule has 0 fully saturated rings. The van der Waals surface area contributed by atoms with Crippen LogP contribution in [0.5, 0.6) is 0 Å². The Labute approximate surface area is 52.8 Å². The Morgan fingerprint density at radius 2 is 1.88 bits per heavy atom. The van der Waals surface area contributed by atoms with E-state index in [0.717, 1.165) is 0 Å². The Hall–Kier alpha value is -0.830. The standard InChI is InChI=1S/C4H8ClN3/c5-4(8)3(7)1-2-6/h1-2H,6-8H2/b2-1-,4-3+. The van der Waals surface area contributed by atoms with Crippen molar-refractivity contribution in [3.8, 4) is 0 Å².